The number of rotatable bonds is 1. The van der Waals surface area contributed by atoms with E-state index in [0.717, 1.165) is 0 Å². The Morgan fingerprint density at radius 2 is 2.00 bits per heavy atom. The van der Waals surface area contributed by atoms with Crippen LogP contribution in [0, 0.1) is 6.92 Å². The van der Waals surface area contributed by atoms with Gasteiger partial charge < -0.3 is 0 Å². The van der Waals surface area contributed by atoms with Gasteiger partial charge in [-0.25, -0.2) is 0 Å². The quantitative estimate of drug-likeness (QED) is 0.622. The number of aryl methyl sites for hydroxylation is 1. The van der Waals surface area contributed by atoms with Gasteiger partial charge in [-0.05, 0) is 0 Å². The molecule has 0 fully saturated rings. The normalized spacial score (nSPS) is 11.0. The average Bonchev–Trinajstić information content (AvgIpc) is 2.83. The van der Waals surface area contributed by atoms with Gasteiger partial charge in [-0.3, -0.25) is 0 Å². The number of fused-ring (bicyclic) bond motifs is 1. The van der Waals surface area contributed by atoms with E-state index >= 15 is 0 Å². The summed E-state index contributed by atoms with van der Waals surface area (Å²) in [6.45, 7) is 2.15. The topological polar surface area (TPSA) is 12.9 Å². The van der Waals surface area contributed by atoms with Crippen LogP contribution in [0.25, 0.3) is 19.9 Å². The molecule has 2 aromatic heterocycles. The van der Waals surface area contributed by atoms with Crippen molar-refractivity contribution in [2.45, 2.75) is 6.92 Å². The van der Waals surface area contributed by atoms with Crippen LogP contribution in [0.2, 0.25) is 0 Å². The Kier molecular flexibility index (Phi) is 2.24. The summed E-state index contributed by atoms with van der Waals surface area (Å²) < 4.78 is 2.72. The molecule has 0 radical (unpaired) electrons. The van der Waals surface area contributed by atoms with Gasteiger partial charge in [-0.1, -0.05) is 0 Å². The maximum absolute atomic E-state index is 4.74. The van der Waals surface area contributed by atoms with Crippen molar-refractivity contribution in [3.8, 4) is 10.1 Å². The number of nitrogens with zero attached hydrogens (tertiary/aromatic N) is 1. The van der Waals surface area contributed by atoms with Crippen LogP contribution in [-0.4, -0.2) is 19.5 Å². The van der Waals surface area contributed by atoms with Gasteiger partial charge in [0.05, 0.1) is 0 Å². The van der Waals surface area contributed by atoms with E-state index in [1.54, 1.807) is 0 Å². The van der Waals surface area contributed by atoms with Crippen molar-refractivity contribution in [2.75, 3.05) is 0 Å². The third-order valence-electron chi connectivity index (χ3n) is 2.35. The van der Waals surface area contributed by atoms with Crippen molar-refractivity contribution < 1.29 is 0 Å². The molecule has 15 heavy (non-hydrogen) atoms. The van der Waals surface area contributed by atoms with E-state index in [1.807, 2.05) is 17.4 Å². The van der Waals surface area contributed by atoms with Gasteiger partial charge >= 0.3 is 98.2 Å². The van der Waals surface area contributed by atoms with Crippen LogP contribution in [0.15, 0.2) is 35.7 Å². The van der Waals surface area contributed by atoms with Crippen LogP contribution in [0.3, 0.4) is 0 Å². The van der Waals surface area contributed by atoms with Crippen LogP contribution in [0.1, 0.15) is 4.88 Å². The van der Waals surface area contributed by atoms with Crippen LogP contribution in [0.5, 0.6) is 0 Å². The summed E-state index contributed by atoms with van der Waals surface area (Å²) in [7, 11) is 0. The Labute approximate surface area is 98.2 Å². The van der Waals surface area contributed by atoms with E-state index in [4.69, 9.17) is 4.98 Å². The standard InChI is InChI=1S/C12H9NSSe/c1-8-11-10(7-14-8)15-12(13-11)9-5-3-2-4-6-9/h2-7H,1H3. The van der Waals surface area contributed by atoms with E-state index in [0.29, 0.717) is 14.5 Å². The molecule has 0 saturated carbocycles. The van der Waals surface area contributed by atoms with Crippen molar-refractivity contribution >= 4 is 35.6 Å². The predicted octanol–water partition coefficient (Wildman–Crippen LogP) is 3.33. The minimum atomic E-state index is 0.404. The molecule has 0 bridgehead atoms. The van der Waals surface area contributed by atoms with Crippen molar-refractivity contribution in [1.82, 2.24) is 4.98 Å². The number of hydrogen-bond donors (Lipinski definition) is 0. The number of benzene rings is 1. The van der Waals surface area contributed by atoms with Crippen LogP contribution in [-0.2, 0) is 0 Å². The molecule has 3 aromatic rings. The monoisotopic (exact) mass is 279 g/mol. The van der Waals surface area contributed by atoms with Crippen LogP contribution < -0.4 is 0 Å². The zero-order chi connectivity index (χ0) is 10.3. The molecule has 0 N–H and O–H groups in total. The molecule has 2 heterocycles. The van der Waals surface area contributed by atoms with E-state index in [-0.39, 0.29) is 0 Å². The Bertz CT molecular complexity index is 594. The fraction of sp³-hybridized carbons (Fsp3) is 0.0833. The number of hydrogen-bond acceptors (Lipinski definition) is 2. The van der Waals surface area contributed by atoms with Gasteiger partial charge in [0.1, 0.15) is 0 Å². The fourth-order valence-electron chi connectivity index (χ4n) is 1.57. The minimum absolute atomic E-state index is 0.404. The summed E-state index contributed by atoms with van der Waals surface area (Å²) in [4.78, 5) is 6.08. The zero-order valence-electron chi connectivity index (χ0n) is 8.23. The summed E-state index contributed by atoms with van der Waals surface area (Å²) in [5.74, 6) is 0. The fourth-order valence-corrected chi connectivity index (χ4v) is 4.91. The van der Waals surface area contributed by atoms with Crippen LogP contribution >= 0.6 is 11.3 Å². The molecule has 0 atom stereocenters. The summed E-state index contributed by atoms with van der Waals surface area (Å²) in [6, 6.07) is 10.5. The van der Waals surface area contributed by atoms with Crippen LogP contribution in [0.4, 0.5) is 0 Å². The number of thiophene rings is 1. The summed E-state index contributed by atoms with van der Waals surface area (Å²) in [5.41, 5.74) is 2.51. The molecule has 0 aliphatic carbocycles. The Hall–Kier alpha value is -0.891. The van der Waals surface area contributed by atoms with Gasteiger partial charge in [0.25, 0.3) is 0 Å². The molecule has 0 spiro atoms. The van der Waals surface area contributed by atoms with Crippen molar-refractivity contribution in [3.63, 3.8) is 0 Å². The first-order chi connectivity index (χ1) is 7.34. The maximum atomic E-state index is 4.74. The van der Waals surface area contributed by atoms with Crippen molar-refractivity contribution in [2.24, 2.45) is 0 Å². The number of aromatic nitrogens is 1. The predicted molar refractivity (Wildman–Crippen MR) is 66.7 cm³/mol. The van der Waals surface area contributed by atoms with Crippen molar-refractivity contribution in [1.29, 1.82) is 0 Å². The third-order valence-corrected chi connectivity index (χ3v) is 5.79. The van der Waals surface area contributed by atoms with Gasteiger partial charge in [0.2, 0.25) is 0 Å². The summed E-state index contributed by atoms with van der Waals surface area (Å²) in [6.07, 6.45) is 0. The molecule has 0 amide bonds. The molecular formula is C12H9NSSe. The molecule has 0 aliphatic heterocycles. The van der Waals surface area contributed by atoms with E-state index < -0.39 is 0 Å². The average molecular weight is 278 g/mol. The molecule has 1 aromatic carbocycles. The molecule has 3 heteroatoms. The SMILES string of the molecule is Cc1scc2[se]c(-c3ccccc3)nc12. The third kappa shape index (κ3) is 1.57. The Morgan fingerprint density at radius 1 is 1.20 bits per heavy atom. The molecule has 0 aliphatic rings. The first kappa shape index (κ1) is 9.34. The van der Waals surface area contributed by atoms with E-state index in [9.17, 15) is 0 Å². The van der Waals surface area contributed by atoms with E-state index in [2.05, 4.69) is 36.6 Å². The van der Waals surface area contributed by atoms with Gasteiger partial charge in [-0.2, -0.15) is 0 Å². The van der Waals surface area contributed by atoms with E-state index in [1.165, 1.54) is 24.8 Å². The second-order valence-corrected chi connectivity index (χ2v) is 6.64. The molecular weight excluding hydrogens is 269 g/mol. The second-order valence-electron chi connectivity index (χ2n) is 3.39. The summed E-state index contributed by atoms with van der Waals surface area (Å²) >= 11 is 2.22. The second kappa shape index (κ2) is 3.60. The molecule has 0 saturated heterocycles. The first-order valence-electron chi connectivity index (χ1n) is 4.74. The first-order valence-corrected chi connectivity index (χ1v) is 7.34. The molecule has 1 nitrogen and oxygen atoms in total. The molecule has 3 rings (SSSR count). The Balaban J connectivity index is 2.20. The van der Waals surface area contributed by atoms with Gasteiger partial charge in [0.15, 0.2) is 0 Å². The molecule has 74 valence electrons. The Morgan fingerprint density at radius 3 is 2.73 bits per heavy atom. The zero-order valence-corrected chi connectivity index (χ0v) is 10.8. The molecule has 0 unspecified atom stereocenters. The van der Waals surface area contributed by atoms with Gasteiger partial charge in [0, 0.05) is 0 Å². The summed E-state index contributed by atoms with van der Waals surface area (Å²) in [5, 5.41) is 2.25. The van der Waals surface area contributed by atoms with Crippen molar-refractivity contribution in [3.05, 3.63) is 40.6 Å². The van der Waals surface area contributed by atoms with Gasteiger partial charge in [-0.15, -0.1) is 0 Å².